The van der Waals surface area contributed by atoms with Gasteiger partial charge in [-0.3, -0.25) is 8.98 Å². The number of carbonyl (C=O) groups is 1. The van der Waals surface area contributed by atoms with Gasteiger partial charge in [0.05, 0.1) is 23.2 Å². The highest BCUT2D eigenvalue weighted by atomic mass is 32.3. The number of hydrogen-bond donors (Lipinski definition) is 2. The lowest BCUT2D eigenvalue weighted by Crippen LogP contribution is -2.31. The second-order valence-corrected chi connectivity index (χ2v) is 5.03. The van der Waals surface area contributed by atoms with Gasteiger partial charge in [-0.2, -0.15) is 0 Å². The second-order valence-electron chi connectivity index (χ2n) is 3.25. The third-order valence-electron chi connectivity index (χ3n) is 1.87. The highest BCUT2D eigenvalue weighted by Gasteiger charge is 2.31. The molecule has 14 heavy (non-hydrogen) atoms. The third-order valence-corrected chi connectivity index (χ3v) is 3.22. The highest BCUT2D eigenvalue weighted by molar-refractivity contribution is 8.20. The fourth-order valence-corrected chi connectivity index (χ4v) is 2.41. The van der Waals surface area contributed by atoms with E-state index in [1.54, 1.807) is 0 Å². The van der Waals surface area contributed by atoms with Crippen LogP contribution in [0.4, 0.5) is 0 Å². The summed E-state index contributed by atoms with van der Waals surface area (Å²) in [5.41, 5.74) is 0. The number of hydrogen-bond acceptors (Lipinski definition) is 5. The van der Waals surface area contributed by atoms with E-state index in [-0.39, 0.29) is 18.3 Å². The fourth-order valence-electron chi connectivity index (χ4n) is 1.23. The van der Waals surface area contributed by atoms with E-state index < -0.39 is 17.0 Å². The van der Waals surface area contributed by atoms with Crippen molar-refractivity contribution in [3.8, 4) is 0 Å². The molecule has 1 fully saturated rings. The zero-order valence-corrected chi connectivity index (χ0v) is 8.96. The van der Waals surface area contributed by atoms with Crippen molar-refractivity contribution in [1.82, 2.24) is 0 Å². The highest BCUT2D eigenvalue weighted by Crippen LogP contribution is 2.44. The molecule has 1 rings (SSSR count). The molecule has 0 amide bonds. The van der Waals surface area contributed by atoms with Crippen LogP contribution in [0.5, 0.6) is 0 Å². The molecule has 1 heterocycles. The number of rotatable bonds is 3. The molecule has 0 saturated carbocycles. The van der Waals surface area contributed by atoms with Gasteiger partial charge >= 0.3 is 5.97 Å². The van der Waals surface area contributed by atoms with Crippen LogP contribution in [0.25, 0.3) is 0 Å². The maximum Gasteiger partial charge on any atom is 0.306 e. The van der Waals surface area contributed by atoms with Gasteiger partial charge in [0, 0.05) is 12.8 Å². The predicted octanol–water partition coefficient (Wildman–Crippen LogP) is 1.78. The zero-order chi connectivity index (χ0) is 10.6. The average Bonchev–Trinajstić information content (AvgIpc) is 2.02. The van der Waals surface area contributed by atoms with Crippen molar-refractivity contribution >= 4 is 16.8 Å². The molecule has 0 aromatic carbocycles. The Kier molecular flexibility index (Phi) is 4.18. The van der Waals surface area contributed by atoms with E-state index >= 15 is 0 Å². The molecule has 6 heteroatoms. The topological polar surface area (TPSA) is 76.0 Å². The summed E-state index contributed by atoms with van der Waals surface area (Å²) in [4.78, 5) is 11.1. The van der Waals surface area contributed by atoms with Gasteiger partial charge < -0.3 is 13.8 Å². The SMILES string of the molecule is CCCC(=O)OC1CCOS(O)(O)C1. The van der Waals surface area contributed by atoms with Crippen LogP contribution in [0.1, 0.15) is 26.2 Å². The van der Waals surface area contributed by atoms with Gasteiger partial charge in [0.25, 0.3) is 0 Å². The van der Waals surface area contributed by atoms with Gasteiger partial charge in [-0.25, -0.2) is 0 Å². The second kappa shape index (κ2) is 4.97. The molecule has 2 N–H and O–H groups in total. The van der Waals surface area contributed by atoms with Crippen LogP contribution < -0.4 is 0 Å². The average molecular weight is 224 g/mol. The maximum atomic E-state index is 11.1. The van der Waals surface area contributed by atoms with Crippen LogP contribution in [0.15, 0.2) is 0 Å². The zero-order valence-electron chi connectivity index (χ0n) is 8.14. The minimum atomic E-state index is -2.97. The monoisotopic (exact) mass is 224 g/mol. The van der Waals surface area contributed by atoms with E-state index in [0.717, 1.165) is 6.42 Å². The molecule has 0 aromatic heterocycles. The summed E-state index contributed by atoms with van der Waals surface area (Å²) in [6.07, 6.45) is 1.23. The lowest BCUT2D eigenvalue weighted by molar-refractivity contribution is -0.149. The van der Waals surface area contributed by atoms with Gasteiger partial charge in [0.1, 0.15) is 6.10 Å². The van der Waals surface area contributed by atoms with Gasteiger partial charge in [0.2, 0.25) is 0 Å². The molecule has 1 aliphatic rings. The summed E-state index contributed by atoms with van der Waals surface area (Å²) in [7, 11) is -2.97. The van der Waals surface area contributed by atoms with Crippen molar-refractivity contribution in [2.75, 3.05) is 12.4 Å². The normalized spacial score (nSPS) is 28.1. The predicted molar refractivity (Wildman–Crippen MR) is 53.1 cm³/mol. The molecule has 1 aliphatic heterocycles. The van der Waals surface area contributed by atoms with E-state index in [0.29, 0.717) is 12.8 Å². The van der Waals surface area contributed by atoms with Crippen LogP contribution in [0, 0.1) is 0 Å². The Morgan fingerprint density at radius 1 is 1.64 bits per heavy atom. The van der Waals surface area contributed by atoms with Gasteiger partial charge in [-0.15, -0.1) is 0 Å². The third kappa shape index (κ3) is 3.83. The standard InChI is InChI=1S/C8H16O5S/c1-2-3-8(9)13-7-4-5-12-14(10,11)6-7/h7,10-11H,2-6H2,1H3. The van der Waals surface area contributed by atoms with Crippen LogP contribution >= 0.6 is 10.9 Å². The van der Waals surface area contributed by atoms with E-state index in [2.05, 4.69) is 0 Å². The molecule has 0 radical (unpaired) electrons. The van der Waals surface area contributed by atoms with Crippen LogP contribution in [-0.4, -0.2) is 33.5 Å². The summed E-state index contributed by atoms with van der Waals surface area (Å²) >= 11 is 0. The first-order chi connectivity index (χ1) is 6.53. The smallest absolute Gasteiger partial charge is 0.306 e. The van der Waals surface area contributed by atoms with E-state index in [4.69, 9.17) is 8.92 Å². The summed E-state index contributed by atoms with van der Waals surface area (Å²) in [6.45, 7) is 2.12. The van der Waals surface area contributed by atoms with Crippen molar-refractivity contribution in [1.29, 1.82) is 0 Å². The Morgan fingerprint density at radius 2 is 2.36 bits per heavy atom. The van der Waals surface area contributed by atoms with E-state index in [1.807, 2.05) is 6.92 Å². The largest absolute Gasteiger partial charge is 0.461 e. The van der Waals surface area contributed by atoms with Crippen LogP contribution in [0.3, 0.4) is 0 Å². The van der Waals surface area contributed by atoms with Gasteiger partial charge in [0.15, 0.2) is 0 Å². The van der Waals surface area contributed by atoms with E-state index in [9.17, 15) is 13.9 Å². The lowest BCUT2D eigenvalue weighted by atomic mass is 10.3. The molecular weight excluding hydrogens is 208 g/mol. The molecule has 84 valence electrons. The first-order valence-corrected chi connectivity index (χ1v) is 6.27. The molecule has 0 aromatic rings. The fraction of sp³-hybridized carbons (Fsp3) is 0.875. The number of esters is 1. The van der Waals surface area contributed by atoms with Crippen LogP contribution in [0.2, 0.25) is 0 Å². The van der Waals surface area contributed by atoms with E-state index in [1.165, 1.54) is 0 Å². The quantitative estimate of drug-likeness (QED) is 0.715. The first kappa shape index (κ1) is 11.8. The van der Waals surface area contributed by atoms with Gasteiger partial charge in [-0.1, -0.05) is 6.92 Å². The molecule has 0 aliphatic carbocycles. The molecule has 5 nitrogen and oxygen atoms in total. The Labute approximate surface area is 85.0 Å². The Bertz CT molecular complexity index is 206. The lowest BCUT2D eigenvalue weighted by Gasteiger charge is -2.34. The van der Waals surface area contributed by atoms with Crippen LogP contribution in [-0.2, 0) is 13.7 Å². The molecule has 0 bridgehead atoms. The van der Waals surface area contributed by atoms with Crippen molar-refractivity contribution in [2.24, 2.45) is 0 Å². The summed E-state index contributed by atoms with van der Waals surface area (Å²) in [5, 5.41) is 0. The molecule has 1 atom stereocenters. The molecule has 1 saturated heterocycles. The Morgan fingerprint density at radius 3 is 2.93 bits per heavy atom. The number of carbonyl (C=O) groups excluding carboxylic acids is 1. The number of ether oxygens (including phenoxy) is 1. The minimum Gasteiger partial charge on any atom is -0.461 e. The molecule has 0 spiro atoms. The van der Waals surface area contributed by atoms with Crippen molar-refractivity contribution in [2.45, 2.75) is 32.3 Å². The summed E-state index contributed by atoms with van der Waals surface area (Å²) < 4.78 is 28.2. The Balaban J connectivity index is 2.34. The first-order valence-electron chi connectivity index (χ1n) is 4.63. The summed E-state index contributed by atoms with van der Waals surface area (Å²) in [6, 6.07) is 0. The van der Waals surface area contributed by atoms with Crippen molar-refractivity contribution in [3.63, 3.8) is 0 Å². The summed E-state index contributed by atoms with van der Waals surface area (Å²) in [5.74, 6) is -0.280. The maximum absolute atomic E-state index is 11.1. The molecular formula is C8H16O5S. The Hall–Kier alpha value is -0.300. The molecule has 1 unspecified atom stereocenters. The van der Waals surface area contributed by atoms with Crippen molar-refractivity contribution < 1.29 is 22.8 Å². The van der Waals surface area contributed by atoms with Gasteiger partial charge in [-0.05, 0) is 6.42 Å². The minimum absolute atomic E-state index is 0.00243. The van der Waals surface area contributed by atoms with Crippen molar-refractivity contribution in [3.05, 3.63) is 0 Å².